The number of hydrogen-bond donors (Lipinski definition) is 3. The van der Waals surface area contributed by atoms with Gasteiger partial charge in [0.05, 0.1) is 0 Å². The number of carbonyl (C=O) groups excluding carboxylic acids is 2. The molecule has 0 radical (unpaired) electrons. The van der Waals surface area contributed by atoms with Gasteiger partial charge in [-0.2, -0.15) is 0 Å². The van der Waals surface area contributed by atoms with E-state index in [1.807, 2.05) is 24.3 Å². The van der Waals surface area contributed by atoms with E-state index in [1.54, 1.807) is 5.48 Å². The van der Waals surface area contributed by atoms with Gasteiger partial charge in [0.25, 0.3) is 0 Å². The molecule has 7 nitrogen and oxygen atoms in total. The summed E-state index contributed by atoms with van der Waals surface area (Å²) < 4.78 is 5.16. The maximum atomic E-state index is 11.2. The van der Waals surface area contributed by atoms with Gasteiger partial charge in [-0.1, -0.05) is 42.5 Å². The third kappa shape index (κ3) is 6.94. The summed E-state index contributed by atoms with van der Waals surface area (Å²) >= 11 is 0. The van der Waals surface area contributed by atoms with E-state index in [1.165, 1.54) is 17.9 Å². The first-order valence-corrected chi connectivity index (χ1v) is 10.5. The molecule has 0 saturated carbocycles. The van der Waals surface area contributed by atoms with Crippen LogP contribution in [-0.4, -0.2) is 46.7 Å². The van der Waals surface area contributed by atoms with Crippen LogP contribution in [-0.2, 0) is 33.7 Å². The van der Waals surface area contributed by atoms with E-state index < -0.39 is 5.91 Å². The number of aromatic amines is 1. The smallest absolute Gasteiger partial charge is 0.302 e. The van der Waals surface area contributed by atoms with Gasteiger partial charge in [-0.3, -0.25) is 19.7 Å². The number of fused-ring (bicyclic) bond motifs is 1. The van der Waals surface area contributed by atoms with Gasteiger partial charge >= 0.3 is 5.97 Å². The summed E-state index contributed by atoms with van der Waals surface area (Å²) in [5.74, 6) is -0.661. The van der Waals surface area contributed by atoms with Gasteiger partial charge in [0.15, 0.2) is 0 Å². The Morgan fingerprint density at radius 3 is 2.52 bits per heavy atom. The highest BCUT2D eigenvalue weighted by molar-refractivity contribution is 5.83. The van der Waals surface area contributed by atoms with Crippen LogP contribution < -0.4 is 5.48 Å². The monoisotopic (exact) mass is 423 g/mol. The van der Waals surface area contributed by atoms with E-state index in [2.05, 4.69) is 40.3 Å². The van der Waals surface area contributed by atoms with Gasteiger partial charge in [0, 0.05) is 50.1 Å². The summed E-state index contributed by atoms with van der Waals surface area (Å²) in [6.45, 7) is 4.01. The minimum Gasteiger partial charge on any atom is -0.465 e. The second kappa shape index (κ2) is 11.3. The molecule has 0 aliphatic rings. The molecule has 0 aliphatic carbocycles. The summed E-state index contributed by atoms with van der Waals surface area (Å²) in [7, 11) is 0. The Bertz CT molecular complexity index is 997. The molecule has 31 heavy (non-hydrogen) atoms. The standard InChI is InChI=1S/C24H29N3O4/c1-18(28)31-15-14-27(13-12-21-16-25-23-5-3-2-4-22(21)23)17-20-8-6-19(7-9-20)10-11-24(29)26-30/h2-9,16,25,30H,10-15,17H2,1H3,(H,26,29). The van der Waals surface area contributed by atoms with Crippen LogP contribution in [0.3, 0.4) is 0 Å². The fourth-order valence-electron chi connectivity index (χ4n) is 3.59. The molecule has 3 N–H and O–H groups in total. The van der Waals surface area contributed by atoms with Gasteiger partial charge in [0.1, 0.15) is 6.61 Å². The molecule has 0 aliphatic heterocycles. The lowest BCUT2D eigenvalue weighted by atomic mass is 10.1. The molecule has 0 bridgehead atoms. The average Bonchev–Trinajstić information content (AvgIpc) is 3.19. The first-order chi connectivity index (χ1) is 15.0. The Morgan fingerprint density at radius 2 is 1.77 bits per heavy atom. The van der Waals surface area contributed by atoms with Crippen molar-refractivity contribution in [2.45, 2.75) is 32.7 Å². The highest BCUT2D eigenvalue weighted by atomic mass is 16.5. The highest BCUT2D eigenvalue weighted by Crippen LogP contribution is 2.19. The molecular weight excluding hydrogens is 394 g/mol. The van der Waals surface area contributed by atoms with Gasteiger partial charge in [-0.15, -0.1) is 0 Å². The zero-order valence-electron chi connectivity index (χ0n) is 17.8. The van der Waals surface area contributed by atoms with Crippen LogP contribution in [0.1, 0.15) is 30.0 Å². The minimum absolute atomic E-state index is 0.245. The number of para-hydroxylation sites is 1. The van der Waals surface area contributed by atoms with Crippen LogP contribution in [0.5, 0.6) is 0 Å². The summed E-state index contributed by atoms with van der Waals surface area (Å²) in [5.41, 5.74) is 6.25. The zero-order chi connectivity index (χ0) is 22.1. The number of H-pyrrole nitrogens is 1. The van der Waals surface area contributed by atoms with Crippen molar-refractivity contribution in [3.63, 3.8) is 0 Å². The van der Waals surface area contributed by atoms with E-state index in [-0.39, 0.29) is 12.4 Å². The molecule has 0 atom stereocenters. The van der Waals surface area contributed by atoms with Crippen LogP contribution in [0.15, 0.2) is 54.7 Å². The summed E-state index contributed by atoms with van der Waals surface area (Å²) in [5, 5.41) is 9.84. The summed E-state index contributed by atoms with van der Waals surface area (Å²) in [6.07, 6.45) is 3.77. The number of rotatable bonds is 11. The fourth-order valence-corrected chi connectivity index (χ4v) is 3.59. The van der Waals surface area contributed by atoms with Crippen molar-refractivity contribution >= 4 is 22.8 Å². The van der Waals surface area contributed by atoms with Crippen molar-refractivity contribution in [3.8, 4) is 0 Å². The van der Waals surface area contributed by atoms with Crippen LogP contribution in [0.2, 0.25) is 0 Å². The van der Waals surface area contributed by atoms with Gasteiger partial charge in [-0.25, -0.2) is 5.48 Å². The predicted molar refractivity (Wildman–Crippen MR) is 119 cm³/mol. The van der Waals surface area contributed by atoms with E-state index in [0.717, 1.165) is 36.2 Å². The van der Waals surface area contributed by atoms with Crippen molar-refractivity contribution in [2.24, 2.45) is 0 Å². The van der Waals surface area contributed by atoms with Crippen molar-refractivity contribution in [3.05, 3.63) is 71.4 Å². The lowest BCUT2D eigenvalue weighted by molar-refractivity contribution is -0.141. The van der Waals surface area contributed by atoms with Crippen LogP contribution in [0.25, 0.3) is 10.9 Å². The average molecular weight is 424 g/mol. The Balaban J connectivity index is 1.61. The molecule has 1 aromatic heterocycles. The maximum Gasteiger partial charge on any atom is 0.302 e. The first-order valence-electron chi connectivity index (χ1n) is 10.5. The van der Waals surface area contributed by atoms with Crippen molar-refractivity contribution in [1.29, 1.82) is 0 Å². The number of hydroxylamine groups is 1. The third-order valence-electron chi connectivity index (χ3n) is 5.28. The lowest BCUT2D eigenvalue weighted by Crippen LogP contribution is -2.30. The number of nitrogens with one attached hydrogen (secondary N) is 2. The van der Waals surface area contributed by atoms with E-state index in [4.69, 9.17) is 9.94 Å². The first kappa shape index (κ1) is 22.5. The second-order valence-electron chi connectivity index (χ2n) is 7.58. The van der Waals surface area contributed by atoms with Crippen molar-refractivity contribution < 1.29 is 19.5 Å². The Labute approximate surface area is 182 Å². The van der Waals surface area contributed by atoms with E-state index >= 15 is 0 Å². The lowest BCUT2D eigenvalue weighted by Gasteiger charge is -2.22. The number of aryl methyl sites for hydroxylation is 1. The van der Waals surface area contributed by atoms with Crippen LogP contribution >= 0.6 is 0 Å². The number of amides is 1. The van der Waals surface area contributed by atoms with E-state index in [9.17, 15) is 9.59 Å². The Hall–Kier alpha value is -3.16. The summed E-state index contributed by atoms with van der Waals surface area (Å²) in [6, 6.07) is 16.4. The number of nitrogens with zero attached hydrogens (tertiary/aromatic N) is 1. The summed E-state index contributed by atoms with van der Waals surface area (Å²) in [4.78, 5) is 27.9. The van der Waals surface area contributed by atoms with Crippen LogP contribution in [0, 0.1) is 0 Å². The largest absolute Gasteiger partial charge is 0.465 e. The zero-order valence-corrected chi connectivity index (χ0v) is 17.8. The minimum atomic E-state index is -0.391. The number of benzene rings is 2. The van der Waals surface area contributed by atoms with Crippen molar-refractivity contribution in [2.75, 3.05) is 19.7 Å². The molecule has 164 valence electrons. The molecule has 0 fully saturated rings. The topological polar surface area (TPSA) is 94.7 Å². The number of hydrogen-bond acceptors (Lipinski definition) is 5. The SMILES string of the molecule is CC(=O)OCCN(CCc1c[nH]c2ccccc12)Cc1ccc(CCC(=O)NO)cc1. The highest BCUT2D eigenvalue weighted by Gasteiger charge is 2.10. The quantitative estimate of drug-likeness (QED) is 0.250. The molecule has 7 heteroatoms. The normalized spacial score (nSPS) is 11.1. The van der Waals surface area contributed by atoms with Crippen molar-refractivity contribution in [1.82, 2.24) is 15.4 Å². The number of carbonyl (C=O) groups is 2. The molecule has 3 rings (SSSR count). The van der Waals surface area contributed by atoms with E-state index in [0.29, 0.717) is 19.6 Å². The molecule has 1 heterocycles. The van der Waals surface area contributed by atoms with Gasteiger partial charge in [0.2, 0.25) is 5.91 Å². The second-order valence-corrected chi connectivity index (χ2v) is 7.58. The Morgan fingerprint density at radius 1 is 1.03 bits per heavy atom. The third-order valence-corrected chi connectivity index (χ3v) is 5.28. The Kier molecular flexibility index (Phi) is 8.20. The molecule has 2 aromatic carbocycles. The fraction of sp³-hybridized carbons (Fsp3) is 0.333. The maximum absolute atomic E-state index is 11.2. The number of esters is 1. The predicted octanol–water partition coefficient (Wildman–Crippen LogP) is 3.21. The molecule has 3 aromatic rings. The molecule has 0 unspecified atom stereocenters. The van der Waals surface area contributed by atoms with Crippen LogP contribution in [0.4, 0.5) is 0 Å². The molecule has 0 saturated heterocycles. The number of aromatic nitrogens is 1. The van der Waals surface area contributed by atoms with Gasteiger partial charge in [-0.05, 0) is 35.6 Å². The molecule has 0 spiro atoms. The number of ether oxygens (including phenoxy) is 1. The molecule has 1 amide bonds. The van der Waals surface area contributed by atoms with Gasteiger partial charge < -0.3 is 9.72 Å². The molecular formula is C24H29N3O4.